The molecule has 2 N–H and O–H groups in total. The third-order valence-electron chi connectivity index (χ3n) is 4.65. The number of aryl methyl sites for hydroxylation is 1. The summed E-state index contributed by atoms with van der Waals surface area (Å²) in [5.41, 5.74) is 1.40. The molecule has 10 heteroatoms. The summed E-state index contributed by atoms with van der Waals surface area (Å²) >= 11 is -1.33. The third-order valence-corrected chi connectivity index (χ3v) is 5.66. The van der Waals surface area contributed by atoms with Gasteiger partial charge in [-0.2, -0.15) is 0 Å². The van der Waals surface area contributed by atoms with Gasteiger partial charge in [0.2, 0.25) is 0 Å². The first-order valence-corrected chi connectivity index (χ1v) is 10.2. The lowest BCUT2D eigenvalue weighted by Crippen LogP contribution is -2.41. The summed E-state index contributed by atoms with van der Waals surface area (Å²) in [7, 11) is 3.28. The van der Waals surface area contributed by atoms with Crippen LogP contribution in [0.3, 0.4) is 0 Å². The Morgan fingerprint density at radius 2 is 2.30 bits per heavy atom. The van der Waals surface area contributed by atoms with Crippen LogP contribution in [0.1, 0.15) is 32.0 Å². The van der Waals surface area contributed by atoms with Gasteiger partial charge in [-0.3, -0.25) is 4.99 Å². The molecule has 148 valence electrons. The SMILES string of the molecule is CCCCNS(=O)NC1CC2=C(C(=O)OC)CN=C(c3nccn3C)N2C1. The van der Waals surface area contributed by atoms with Crippen LogP contribution in [0.25, 0.3) is 0 Å². The van der Waals surface area contributed by atoms with Crippen molar-refractivity contribution in [1.29, 1.82) is 0 Å². The topological polar surface area (TPSA) is 101 Å². The first-order chi connectivity index (χ1) is 13.0. The van der Waals surface area contributed by atoms with E-state index in [1.807, 2.05) is 22.7 Å². The van der Waals surface area contributed by atoms with Crippen LogP contribution < -0.4 is 9.44 Å². The van der Waals surface area contributed by atoms with Crippen molar-refractivity contribution in [3.05, 3.63) is 29.5 Å². The molecule has 0 aromatic carbocycles. The van der Waals surface area contributed by atoms with Gasteiger partial charge in [0.1, 0.15) is 0 Å². The Bertz CT molecular complexity index is 787. The number of fused-ring (bicyclic) bond motifs is 1. The van der Waals surface area contributed by atoms with Crippen LogP contribution in [0.2, 0.25) is 0 Å². The second-order valence-corrected chi connectivity index (χ2v) is 7.63. The van der Waals surface area contributed by atoms with Crippen molar-refractivity contribution in [2.75, 3.05) is 26.7 Å². The van der Waals surface area contributed by atoms with Crippen molar-refractivity contribution in [1.82, 2.24) is 23.9 Å². The van der Waals surface area contributed by atoms with E-state index in [1.54, 1.807) is 6.20 Å². The van der Waals surface area contributed by atoms with E-state index in [9.17, 15) is 9.00 Å². The number of methoxy groups -OCH3 is 1. The average Bonchev–Trinajstić information content (AvgIpc) is 3.26. The van der Waals surface area contributed by atoms with Gasteiger partial charge in [-0.25, -0.2) is 23.4 Å². The van der Waals surface area contributed by atoms with E-state index in [0.29, 0.717) is 25.1 Å². The first kappa shape index (κ1) is 19.7. The molecule has 3 heterocycles. The van der Waals surface area contributed by atoms with E-state index in [2.05, 4.69) is 26.3 Å². The van der Waals surface area contributed by atoms with Gasteiger partial charge in [-0.15, -0.1) is 0 Å². The highest BCUT2D eigenvalue weighted by Crippen LogP contribution is 2.30. The van der Waals surface area contributed by atoms with Crippen molar-refractivity contribution < 1.29 is 13.7 Å². The second kappa shape index (κ2) is 8.77. The Hall–Kier alpha value is -2.04. The smallest absolute Gasteiger partial charge is 0.337 e. The van der Waals surface area contributed by atoms with Crippen LogP contribution in [0, 0.1) is 0 Å². The number of carbonyl (C=O) groups excluding carboxylic acids is 1. The molecule has 1 aromatic heterocycles. The van der Waals surface area contributed by atoms with E-state index in [-0.39, 0.29) is 18.6 Å². The minimum absolute atomic E-state index is 0.0711. The maximum absolute atomic E-state index is 12.2. The molecule has 3 rings (SSSR count). The van der Waals surface area contributed by atoms with E-state index in [0.717, 1.165) is 30.2 Å². The van der Waals surface area contributed by atoms with Crippen molar-refractivity contribution in [3.63, 3.8) is 0 Å². The molecule has 0 aliphatic carbocycles. The van der Waals surface area contributed by atoms with Gasteiger partial charge in [0.05, 0.1) is 19.2 Å². The van der Waals surface area contributed by atoms with Crippen molar-refractivity contribution in [3.8, 4) is 0 Å². The number of hydrogen-bond acceptors (Lipinski definition) is 6. The van der Waals surface area contributed by atoms with Crippen molar-refractivity contribution in [2.45, 2.75) is 32.2 Å². The molecule has 2 aliphatic rings. The lowest BCUT2D eigenvalue weighted by Gasteiger charge is -2.27. The number of ether oxygens (including phenoxy) is 1. The predicted octanol–water partition coefficient (Wildman–Crippen LogP) is 0.240. The lowest BCUT2D eigenvalue weighted by molar-refractivity contribution is -0.136. The van der Waals surface area contributed by atoms with Gasteiger partial charge in [0, 0.05) is 50.7 Å². The van der Waals surface area contributed by atoms with Gasteiger partial charge in [-0.1, -0.05) is 13.3 Å². The van der Waals surface area contributed by atoms with Crippen molar-refractivity contribution >= 4 is 23.0 Å². The quantitative estimate of drug-likeness (QED) is 0.486. The van der Waals surface area contributed by atoms with Crippen LogP contribution in [-0.2, 0) is 27.8 Å². The minimum Gasteiger partial charge on any atom is -0.466 e. The monoisotopic (exact) mass is 394 g/mol. The summed E-state index contributed by atoms with van der Waals surface area (Å²) < 4.78 is 25.1. The number of imidazole rings is 1. The summed E-state index contributed by atoms with van der Waals surface area (Å²) in [6.45, 7) is 3.60. The number of nitrogens with one attached hydrogen (secondary N) is 2. The number of esters is 1. The standard InChI is InChI=1S/C17H26N6O3S/c1-4-5-6-20-27(25)21-12-9-14-13(17(24)26-3)10-19-16(23(14)11-12)15-18-7-8-22(15)2/h7-8,12,20-21H,4-6,9-11H2,1-3H3. The Balaban J connectivity index is 1.79. The maximum atomic E-state index is 12.2. The summed E-state index contributed by atoms with van der Waals surface area (Å²) in [5.74, 6) is 1.08. The molecule has 2 aliphatic heterocycles. The Morgan fingerprint density at radius 3 is 2.96 bits per heavy atom. The third kappa shape index (κ3) is 4.28. The van der Waals surface area contributed by atoms with Gasteiger partial charge in [-0.05, 0) is 6.42 Å². The number of nitrogens with zero attached hydrogens (tertiary/aromatic N) is 4. The lowest BCUT2D eigenvalue weighted by atomic mass is 10.1. The number of rotatable bonds is 8. The summed E-state index contributed by atoms with van der Waals surface area (Å²) in [4.78, 5) is 23.1. The molecule has 0 bridgehead atoms. The molecular weight excluding hydrogens is 368 g/mol. The Kier molecular flexibility index (Phi) is 6.40. The van der Waals surface area contributed by atoms with E-state index < -0.39 is 11.2 Å². The molecule has 0 radical (unpaired) electrons. The van der Waals surface area contributed by atoms with Gasteiger partial charge in [0.25, 0.3) is 0 Å². The van der Waals surface area contributed by atoms with Crippen LogP contribution in [0.15, 0.2) is 28.7 Å². The molecule has 1 saturated heterocycles. The summed E-state index contributed by atoms with van der Waals surface area (Å²) in [6.07, 6.45) is 6.16. The summed E-state index contributed by atoms with van der Waals surface area (Å²) in [5, 5.41) is 0. The molecule has 1 aromatic rings. The summed E-state index contributed by atoms with van der Waals surface area (Å²) in [6, 6.07) is -0.0711. The number of carbonyl (C=O) groups is 1. The Morgan fingerprint density at radius 1 is 1.48 bits per heavy atom. The fourth-order valence-electron chi connectivity index (χ4n) is 3.26. The molecular formula is C17H26N6O3S. The second-order valence-electron chi connectivity index (χ2n) is 6.56. The molecule has 0 saturated carbocycles. The zero-order valence-corrected chi connectivity index (χ0v) is 16.7. The normalized spacial score (nSPS) is 20.5. The molecule has 1 fully saturated rings. The molecule has 0 spiro atoms. The molecule has 0 amide bonds. The van der Waals surface area contributed by atoms with E-state index in [1.165, 1.54) is 7.11 Å². The molecule has 2 atom stereocenters. The van der Waals surface area contributed by atoms with Gasteiger partial charge >= 0.3 is 5.97 Å². The number of amidine groups is 1. The van der Waals surface area contributed by atoms with E-state index >= 15 is 0 Å². The zero-order valence-electron chi connectivity index (χ0n) is 15.9. The predicted molar refractivity (Wildman–Crippen MR) is 103 cm³/mol. The highest BCUT2D eigenvalue weighted by molar-refractivity contribution is 7.81. The Labute approximate surface area is 161 Å². The van der Waals surface area contributed by atoms with Crippen LogP contribution in [-0.4, -0.2) is 63.3 Å². The van der Waals surface area contributed by atoms with Crippen LogP contribution >= 0.6 is 0 Å². The van der Waals surface area contributed by atoms with Crippen molar-refractivity contribution in [2.24, 2.45) is 12.0 Å². The molecule has 2 unspecified atom stereocenters. The fraction of sp³-hybridized carbons (Fsp3) is 0.588. The largest absolute Gasteiger partial charge is 0.466 e. The van der Waals surface area contributed by atoms with Crippen LogP contribution in [0.4, 0.5) is 0 Å². The highest BCUT2D eigenvalue weighted by atomic mass is 32.2. The fourth-order valence-corrected chi connectivity index (χ4v) is 4.14. The number of unbranched alkanes of at least 4 members (excludes halogenated alkanes) is 1. The highest BCUT2D eigenvalue weighted by Gasteiger charge is 2.38. The average molecular weight is 395 g/mol. The number of aromatic nitrogens is 2. The van der Waals surface area contributed by atoms with Gasteiger partial charge < -0.3 is 14.2 Å². The maximum Gasteiger partial charge on any atom is 0.337 e. The molecule has 27 heavy (non-hydrogen) atoms. The van der Waals surface area contributed by atoms with Crippen LogP contribution in [0.5, 0.6) is 0 Å². The zero-order chi connectivity index (χ0) is 19.4. The minimum atomic E-state index is -1.33. The number of hydrogen-bond donors (Lipinski definition) is 2. The number of aliphatic imine (C=N–C) groups is 1. The van der Waals surface area contributed by atoms with E-state index in [4.69, 9.17) is 4.74 Å². The van der Waals surface area contributed by atoms with Gasteiger partial charge in [0.15, 0.2) is 22.8 Å². The molecule has 9 nitrogen and oxygen atoms in total. The first-order valence-electron chi connectivity index (χ1n) is 9.06.